The summed E-state index contributed by atoms with van der Waals surface area (Å²) in [7, 11) is 0. The van der Waals surface area contributed by atoms with Crippen molar-refractivity contribution in [1.29, 1.82) is 0 Å². The van der Waals surface area contributed by atoms with Crippen LogP contribution in [0.2, 0.25) is 0 Å². The molecule has 1 atom stereocenters. The first-order valence-electron chi connectivity index (χ1n) is 9.95. The van der Waals surface area contributed by atoms with E-state index < -0.39 is 5.82 Å². The Morgan fingerprint density at radius 3 is 2.60 bits per heavy atom. The summed E-state index contributed by atoms with van der Waals surface area (Å²) in [4.78, 5) is 13.1. The first-order chi connectivity index (χ1) is 14.5. The highest BCUT2D eigenvalue weighted by Crippen LogP contribution is 2.34. The van der Waals surface area contributed by atoms with Gasteiger partial charge in [-0.3, -0.25) is 4.79 Å². The minimum Gasteiger partial charge on any atom is -0.486 e. The topological polar surface area (TPSA) is 65.4 Å². The van der Waals surface area contributed by atoms with E-state index >= 15 is 0 Å². The molecule has 0 saturated carbocycles. The molecule has 1 unspecified atom stereocenters. The molecule has 0 bridgehead atoms. The van der Waals surface area contributed by atoms with Gasteiger partial charge in [-0.25, -0.2) is 9.07 Å². The molecule has 3 aromatic rings. The van der Waals surface area contributed by atoms with E-state index in [1.165, 1.54) is 16.9 Å². The minimum absolute atomic E-state index is 0.137. The number of ether oxygens (including phenoxy) is 2. The quantitative estimate of drug-likeness (QED) is 0.685. The monoisotopic (exact) mass is 409 g/mol. The summed E-state index contributed by atoms with van der Waals surface area (Å²) in [5.41, 5.74) is 2.21. The van der Waals surface area contributed by atoms with Crippen LogP contribution in [0.4, 0.5) is 4.39 Å². The summed E-state index contributed by atoms with van der Waals surface area (Å²) in [6.45, 7) is 6.86. The van der Waals surface area contributed by atoms with Gasteiger partial charge in [0.05, 0.1) is 23.5 Å². The second-order valence-corrected chi connectivity index (χ2v) is 7.61. The van der Waals surface area contributed by atoms with Crippen LogP contribution >= 0.6 is 0 Å². The largest absolute Gasteiger partial charge is 0.486 e. The Labute approximate surface area is 174 Å². The third-order valence-corrected chi connectivity index (χ3v) is 5.21. The number of carbonyl (C=O) groups is 1. The summed E-state index contributed by atoms with van der Waals surface area (Å²) in [5, 5.41) is 7.32. The van der Waals surface area contributed by atoms with Crippen molar-refractivity contribution in [2.45, 2.75) is 26.8 Å². The maximum atomic E-state index is 14.2. The van der Waals surface area contributed by atoms with Crippen molar-refractivity contribution in [3.05, 3.63) is 71.3 Å². The number of nitrogens with one attached hydrogen (secondary N) is 1. The molecule has 0 spiro atoms. The third kappa shape index (κ3) is 3.75. The Morgan fingerprint density at radius 2 is 1.87 bits per heavy atom. The Balaban J connectivity index is 1.60. The fourth-order valence-corrected chi connectivity index (χ4v) is 3.61. The molecular formula is C23H24FN3O3. The van der Waals surface area contributed by atoms with Crippen molar-refractivity contribution in [1.82, 2.24) is 15.1 Å². The van der Waals surface area contributed by atoms with Crippen LogP contribution in [0.15, 0.2) is 48.7 Å². The molecule has 156 valence electrons. The summed E-state index contributed by atoms with van der Waals surface area (Å²) >= 11 is 0. The minimum atomic E-state index is -0.396. The number of amides is 1. The lowest BCUT2D eigenvalue weighted by molar-refractivity contribution is 0.0924. The van der Waals surface area contributed by atoms with Gasteiger partial charge in [0.1, 0.15) is 24.7 Å². The number of benzene rings is 2. The van der Waals surface area contributed by atoms with E-state index in [0.29, 0.717) is 41.7 Å². The van der Waals surface area contributed by atoms with E-state index in [1.54, 1.807) is 25.1 Å². The normalized spacial score (nSPS) is 13.9. The standard InChI is InChI=1S/C23H24FN3O3/c1-14(2)22(16-8-9-20-21(12-16)30-11-10-29-20)26-23(28)17-13-25-27(15(17)3)19-7-5-4-6-18(19)24/h4-9,12-14,22H,10-11H2,1-3H3,(H,26,28). The van der Waals surface area contributed by atoms with Crippen LogP contribution in [0.1, 0.15) is 41.5 Å². The Kier molecular flexibility index (Phi) is 5.44. The molecule has 0 radical (unpaired) electrons. The molecule has 4 rings (SSSR count). The fraction of sp³-hybridized carbons (Fsp3) is 0.304. The lowest BCUT2D eigenvalue weighted by Crippen LogP contribution is -2.32. The second-order valence-electron chi connectivity index (χ2n) is 7.61. The highest BCUT2D eigenvalue weighted by Gasteiger charge is 2.24. The van der Waals surface area contributed by atoms with Crippen LogP contribution < -0.4 is 14.8 Å². The SMILES string of the molecule is Cc1c(C(=O)NC(c2ccc3c(c2)OCCO3)C(C)C)cnn1-c1ccccc1F. The number of hydrogen-bond donors (Lipinski definition) is 1. The van der Waals surface area contributed by atoms with Crippen LogP contribution in [0.5, 0.6) is 11.5 Å². The number of rotatable bonds is 5. The molecule has 0 fully saturated rings. The van der Waals surface area contributed by atoms with Gasteiger partial charge in [-0.05, 0) is 42.7 Å². The third-order valence-electron chi connectivity index (χ3n) is 5.21. The lowest BCUT2D eigenvalue weighted by atomic mass is 9.95. The van der Waals surface area contributed by atoms with Gasteiger partial charge in [0.25, 0.3) is 5.91 Å². The van der Waals surface area contributed by atoms with E-state index in [-0.39, 0.29) is 17.9 Å². The van der Waals surface area contributed by atoms with Crippen LogP contribution in [0.25, 0.3) is 5.69 Å². The average molecular weight is 409 g/mol. The zero-order valence-corrected chi connectivity index (χ0v) is 17.2. The zero-order valence-electron chi connectivity index (χ0n) is 17.2. The van der Waals surface area contributed by atoms with E-state index in [4.69, 9.17) is 9.47 Å². The Hall–Kier alpha value is -3.35. The molecule has 6 nitrogen and oxygen atoms in total. The molecule has 1 N–H and O–H groups in total. The van der Waals surface area contributed by atoms with Gasteiger partial charge < -0.3 is 14.8 Å². The number of aromatic nitrogens is 2. The van der Waals surface area contributed by atoms with Gasteiger partial charge in [0, 0.05) is 0 Å². The van der Waals surface area contributed by atoms with Crippen LogP contribution in [-0.2, 0) is 0 Å². The van der Waals surface area contributed by atoms with Crippen molar-refractivity contribution in [2.24, 2.45) is 5.92 Å². The highest BCUT2D eigenvalue weighted by molar-refractivity contribution is 5.95. The van der Waals surface area contributed by atoms with Crippen LogP contribution in [0, 0.1) is 18.7 Å². The maximum absolute atomic E-state index is 14.2. The van der Waals surface area contributed by atoms with E-state index in [9.17, 15) is 9.18 Å². The fourth-order valence-electron chi connectivity index (χ4n) is 3.61. The molecular weight excluding hydrogens is 385 g/mol. The molecule has 30 heavy (non-hydrogen) atoms. The van der Waals surface area contributed by atoms with Crippen LogP contribution in [-0.4, -0.2) is 28.9 Å². The van der Waals surface area contributed by atoms with Gasteiger partial charge in [0.2, 0.25) is 0 Å². The summed E-state index contributed by atoms with van der Waals surface area (Å²) in [6, 6.07) is 11.8. The average Bonchev–Trinajstić information content (AvgIpc) is 3.13. The number of halogens is 1. The molecule has 1 aromatic heterocycles. The van der Waals surface area contributed by atoms with Crippen molar-refractivity contribution < 1.29 is 18.7 Å². The number of para-hydroxylation sites is 1. The predicted octanol–water partition coefficient (Wildman–Crippen LogP) is 4.22. The number of carbonyl (C=O) groups excluding carboxylic acids is 1. The van der Waals surface area contributed by atoms with Crippen molar-refractivity contribution in [2.75, 3.05) is 13.2 Å². The van der Waals surface area contributed by atoms with Crippen molar-refractivity contribution >= 4 is 5.91 Å². The summed E-state index contributed by atoms with van der Waals surface area (Å²) < 4.78 is 26.9. The van der Waals surface area contributed by atoms with E-state index in [2.05, 4.69) is 10.4 Å². The van der Waals surface area contributed by atoms with Gasteiger partial charge in [-0.2, -0.15) is 5.10 Å². The molecule has 2 aromatic carbocycles. The molecule has 0 aliphatic carbocycles. The van der Waals surface area contributed by atoms with Gasteiger partial charge in [-0.1, -0.05) is 32.0 Å². The molecule has 1 amide bonds. The smallest absolute Gasteiger partial charge is 0.255 e. The summed E-state index contributed by atoms with van der Waals surface area (Å²) in [5.74, 6) is 0.872. The predicted molar refractivity (Wildman–Crippen MR) is 111 cm³/mol. The first kappa shape index (κ1) is 19.9. The second kappa shape index (κ2) is 8.18. The lowest BCUT2D eigenvalue weighted by Gasteiger charge is -2.25. The number of nitrogens with zero attached hydrogens (tertiary/aromatic N) is 2. The van der Waals surface area contributed by atoms with Gasteiger partial charge in [-0.15, -0.1) is 0 Å². The van der Waals surface area contributed by atoms with Gasteiger partial charge >= 0.3 is 0 Å². The Bertz CT molecular complexity index is 1080. The summed E-state index contributed by atoms with van der Waals surface area (Å²) in [6.07, 6.45) is 1.47. The molecule has 1 aliphatic rings. The Morgan fingerprint density at radius 1 is 1.13 bits per heavy atom. The maximum Gasteiger partial charge on any atom is 0.255 e. The zero-order chi connectivity index (χ0) is 21.3. The van der Waals surface area contributed by atoms with Gasteiger partial charge in [0.15, 0.2) is 11.5 Å². The molecule has 7 heteroatoms. The van der Waals surface area contributed by atoms with Crippen molar-refractivity contribution in [3.8, 4) is 17.2 Å². The molecule has 2 heterocycles. The van der Waals surface area contributed by atoms with Crippen molar-refractivity contribution in [3.63, 3.8) is 0 Å². The first-order valence-corrected chi connectivity index (χ1v) is 9.95. The molecule has 1 aliphatic heterocycles. The number of fused-ring (bicyclic) bond motifs is 1. The number of hydrogen-bond acceptors (Lipinski definition) is 4. The van der Waals surface area contributed by atoms with E-state index in [1.807, 2.05) is 32.0 Å². The van der Waals surface area contributed by atoms with Crippen LogP contribution in [0.3, 0.4) is 0 Å². The highest BCUT2D eigenvalue weighted by atomic mass is 19.1. The van der Waals surface area contributed by atoms with E-state index in [0.717, 1.165) is 5.56 Å². The molecule has 0 saturated heterocycles.